The summed E-state index contributed by atoms with van der Waals surface area (Å²) < 4.78 is 8.24. The second kappa shape index (κ2) is 10.6. The Morgan fingerprint density at radius 2 is 1.75 bits per heavy atom. The van der Waals surface area contributed by atoms with Crippen molar-refractivity contribution in [2.75, 3.05) is 31.1 Å². The summed E-state index contributed by atoms with van der Waals surface area (Å²) in [6.07, 6.45) is 0.960. The van der Waals surface area contributed by atoms with E-state index in [2.05, 4.69) is 80.0 Å². The summed E-state index contributed by atoms with van der Waals surface area (Å²) in [4.78, 5) is 9.84. The zero-order chi connectivity index (χ0) is 23.2. The van der Waals surface area contributed by atoms with E-state index in [0.29, 0.717) is 12.6 Å². The number of benzene rings is 2. The highest BCUT2D eigenvalue weighted by molar-refractivity contribution is 5.92. The zero-order valence-electron chi connectivity index (χ0n) is 20.8. The molecule has 0 saturated carbocycles. The summed E-state index contributed by atoms with van der Waals surface area (Å²) in [5.74, 6) is 2.74. The first-order valence-corrected chi connectivity index (χ1v) is 12.1. The Balaban J connectivity index is 0.00000152. The molecule has 1 fully saturated rings. The van der Waals surface area contributed by atoms with E-state index in [1.165, 1.54) is 16.6 Å². The first kappa shape index (κ1) is 26.2. The number of hydrogen-bond acceptors (Lipinski definition) is 6. The molecule has 6 rings (SSSR count). The van der Waals surface area contributed by atoms with Gasteiger partial charge in [-0.1, -0.05) is 18.2 Å². The molecule has 0 bridgehead atoms. The molecule has 9 heteroatoms. The Bertz CT molecular complexity index is 1370. The standard InChI is InChI=1S/C27H30N6O.2ClH/c1-18-10-11-22-23(28-18)7-5-8-24(22)32-15-14-31(19(2)16-32)13-12-21-6-4-9-25-27(21)34-17-26-30-29-20(3)33(25)26;;/h4-11,19H,12-17H2,1-3H3;2*1H/t19-;;/m0../s1. The van der Waals surface area contributed by atoms with Gasteiger partial charge in [0.15, 0.2) is 5.82 Å². The van der Waals surface area contributed by atoms with Crippen LogP contribution in [-0.4, -0.2) is 56.9 Å². The van der Waals surface area contributed by atoms with Gasteiger partial charge in [0.05, 0.1) is 11.2 Å². The number of fused-ring (bicyclic) bond motifs is 4. The molecule has 4 aromatic rings. The van der Waals surface area contributed by atoms with Crippen molar-refractivity contribution in [2.45, 2.75) is 39.8 Å². The first-order chi connectivity index (χ1) is 16.6. The molecule has 1 atom stereocenters. The second-order valence-corrected chi connectivity index (χ2v) is 9.43. The van der Waals surface area contributed by atoms with Crippen LogP contribution in [0.4, 0.5) is 5.69 Å². The van der Waals surface area contributed by atoms with E-state index in [0.717, 1.165) is 66.9 Å². The number of aromatic nitrogens is 4. The minimum absolute atomic E-state index is 0. The van der Waals surface area contributed by atoms with Gasteiger partial charge in [-0.05, 0) is 63.1 Å². The molecule has 0 aliphatic carbocycles. The fraction of sp³-hybridized carbons (Fsp3) is 0.370. The number of ether oxygens (including phenoxy) is 1. The van der Waals surface area contributed by atoms with Gasteiger partial charge in [-0.3, -0.25) is 14.5 Å². The van der Waals surface area contributed by atoms with Gasteiger partial charge in [-0.2, -0.15) is 0 Å². The van der Waals surface area contributed by atoms with Crippen LogP contribution in [0, 0.1) is 13.8 Å². The second-order valence-electron chi connectivity index (χ2n) is 9.43. The molecular weight excluding hydrogens is 495 g/mol. The maximum atomic E-state index is 6.13. The molecule has 2 aromatic heterocycles. The number of para-hydroxylation sites is 1. The van der Waals surface area contributed by atoms with Crippen LogP contribution in [0.15, 0.2) is 48.5 Å². The molecule has 7 nitrogen and oxygen atoms in total. The van der Waals surface area contributed by atoms with E-state index in [-0.39, 0.29) is 24.8 Å². The van der Waals surface area contributed by atoms with E-state index in [9.17, 15) is 0 Å². The SMILES string of the molecule is Cc1ccc2c(N3CCN(CCc4cccc5c4OCc4nnc(C)n4-5)[C@@H](C)C3)cccc2n1.Cl.Cl. The summed E-state index contributed by atoms with van der Waals surface area (Å²) in [5.41, 5.74) is 5.74. The fourth-order valence-corrected chi connectivity index (χ4v) is 5.39. The molecular formula is C27H32Cl2N6O. The van der Waals surface area contributed by atoms with E-state index in [1.54, 1.807) is 0 Å². The van der Waals surface area contributed by atoms with Crippen molar-refractivity contribution >= 4 is 41.4 Å². The molecule has 1 saturated heterocycles. The summed E-state index contributed by atoms with van der Waals surface area (Å²) in [6, 6.07) is 17.7. The number of anilines is 1. The van der Waals surface area contributed by atoms with Gasteiger partial charge in [0, 0.05) is 49.0 Å². The lowest BCUT2D eigenvalue weighted by Crippen LogP contribution is -2.52. The Labute approximate surface area is 224 Å². The van der Waals surface area contributed by atoms with Crippen LogP contribution in [0.3, 0.4) is 0 Å². The molecule has 0 amide bonds. The molecule has 4 heterocycles. The van der Waals surface area contributed by atoms with Crippen LogP contribution in [0.2, 0.25) is 0 Å². The third-order valence-corrected chi connectivity index (χ3v) is 7.18. The molecule has 2 aliphatic heterocycles. The van der Waals surface area contributed by atoms with Gasteiger partial charge in [0.1, 0.15) is 18.2 Å². The summed E-state index contributed by atoms with van der Waals surface area (Å²) in [6.45, 7) is 10.9. The molecule has 190 valence electrons. The van der Waals surface area contributed by atoms with Crippen molar-refractivity contribution in [3.63, 3.8) is 0 Å². The topological polar surface area (TPSA) is 59.3 Å². The number of nitrogens with zero attached hydrogens (tertiary/aromatic N) is 6. The predicted octanol–water partition coefficient (Wildman–Crippen LogP) is 4.92. The molecule has 0 N–H and O–H groups in total. The lowest BCUT2D eigenvalue weighted by atomic mass is 10.1. The van der Waals surface area contributed by atoms with Crippen molar-refractivity contribution in [2.24, 2.45) is 0 Å². The van der Waals surface area contributed by atoms with Gasteiger partial charge in [0.25, 0.3) is 0 Å². The Hall–Kier alpha value is -2.87. The normalized spacial score (nSPS) is 17.0. The molecule has 2 aromatic carbocycles. The van der Waals surface area contributed by atoms with Gasteiger partial charge in [-0.15, -0.1) is 35.0 Å². The quantitative estimate of drug-likeness (QED) is 0.376. The highest BCUT2D eigenvalue weighted by Gasteiger charge is 2.26. The maximum absolute atomic E-state index is 6.13. The number of piperazine rings is 1. The number of pyridine rings is 1. The fourth-order valence-electron chi connectivity index (χ4n) is 5.39. The predicted molar refractivity (Wildman–Crippen MR) is 148 cm³/mol. The van der Waals surface area contributed by atoms with Gasteiger partial charge in [0.2, 0.25) is 0 Å². The van der Waals surface area contributed by atoms with Crippen LogP contribution in [0.25, 0.3) is 16.6 Å². The minimum atomic E-state index is 0. The Morgan fingerprint density at radius 1 is 0.944 bits per heavy atom. The molecule has 2 aliphatic rings. The highest BCUT2D eigenvalue weighted by atomic mass is 35.5. The van der Waals surface area contributed by atoms with Crippen molar-refractivity contribution in [1.82, 2.24) is 24.6 Å². The van der Waals surface area contributed by atoms with Crippen LogP contribution < -0.4 is 9.64 Å². The smallest absolute Gasteiger partial charge is 0.175 e. The molecule has 36 heavy (non-hydrogen) atoms. The van der Waals surface area contributed by atoms with E-state index >= 15 is 0 Å². The average Bonchev–Trinajstić information content (AvgIpc) is 3.23. The zero-order valence-corrected chi connectivity index (χ0v) is 22.5. The average molecular weight is 528 g/mol. The van der Waals surface area contributed by atoms with Gasteiger partial charge < -0.3 is 9.64 Å². The van der Waals surface area contributed by atoms with Gasteiger partial charge >= 0.3 is 0 Å². The third kappa shape index (κ3) is 4.63. The largest absolute Gasteiger partial charge is 0.483 e. The monoisotopic (exact) mass is 526 g/mol. The lowest BCUT2D eigenvalue weighted by molar-refractivity contribution is 0.190. The van der Waals surface area contributed by atoms with Gasteiger partial charge in [-0.25, -0.2) is 0 Å². The Kier molecular flexibility index (Phi) is 7.73. The van der Waals surface area contributed by atoms with Crippen LogP contribution in [0.5, 0.6) is 5.75 Å². The van der Waals surface area contributed by atoms with Crippen LogP contribution in [0.1, 0.15) is 29.8 Å². The molecule has 0 spiro atoms. The van der Waals surface area contributed by atoms with E-state index in [4.69, 9.17) is 9.72 Å². The maximum Gasteiger partial charge on any atom is 0.175 e. The van der Waals surface area contributed by atoms with Crippen molar-refractivity contribution in [3.05, 3.63) is 71.4 Å². The molecule has 0 radical (unpaired) electrons. The number of aryl methyl sites for hydroxylation is 2. The summed E-state index contributed by atoms with van der Waals surface area (Å²) in [7, 11) is 0. The lowest BCUT2D eigenvalue weighted by Gasteiger charge is -2.41. The number of hydrogen-bond donors (Lipinski definition) is 0. The third-order valence-electron chi connectivity index (χ3n) is 7.18. The number of rotatable bonds is 4. The number of halogens is 2. The summed E-state index contributed by atoms with van der Waals surface area (Å²) >= 11 is 0. The van der Waals surface area contributed by atoms with Crippen molar-refractivity contribution in [1.29, 1.82) is 0 Å². The minimum Gasteiger partial charge on any atom is -0.483 e. The summed E-state index contributed by atoms with van der Waals surface area (Å²) in [5, 5.41) is 9.71. The van der Waals surface area contributed by atoms with Crippen LogP contribution in [-0.2, 0) is 13.0 Å². The Morgan fingerprint density at radius 3 is 2.58 bits per heavy atom. The van der Waals surface area contributed by atoms with Crippen LogP contribution >= 0.6 is 24.8 Å². The first-order valence-electron chi connectivity index (χ1n) is 12.1. The highest BCUT2D eigenvalue weighted by Crippen LogP contribution is 2.34. The molecule has 0 unspecified atom stereocenters. The van der Waals surface area contributed by atoms with E-state index < -0.39 is 0 Å². The van der Waals surface area contributed by atoms with Crippen molar-refractivity contribution in [3.8, 4) is 11.4 Å². The van der Waals surface area contributed by atoms with E-state index in [1.807, 2.05) is 13.8 Å². The van der Waals surface area contributed by atoms with Crippen molar-refractivity contribution < 1.29 is 4.74 Å².